The van der Waals surface area contributed by atoms with Gasteiger partial charge in [-0.3, -0.25) is 4.99 Å². The molecule has 3 aromatic rings. The molecule has 0 aliphatic rings. The van der Waals surface area contributed by atoms with Gasteiger partial charge in [-0.05, 0) is 72.6 Å². The van der Waals surface area contributed by atoms with Gasteiger partial charge in [0.15, 0.2) is 0 Å². The van der Waals surface area contributed by atoms with Crippen LogP contribution >= 0.6 is 0 Å². The minimum absolute atomic E-state index is 0.227. The maximum Gasteiger partial charge on any atom is 0.343 e. The monoisotopic (exact) mass is 557 g/mol. The first-order valence-electron chi connectivity index (χ1n) is 15.0. The number of rotatable bonds is 19. The maximum absolute atomic E-state index is 12.5. The zero-order chi connectivity index (χ0) is 29.1. The number of unbranched alkanes of at least 4 members (excludes halogenated alkanes) is 11. The molecule has 0 spiro atoms. The highest BCUT2D eigenvalue weighted by Crippen LogP contribution is 2.21. The lowest BCUT2D eigenvalue weighted by atomic mass is 10.1. The number of carboxylic acids is 1. The topological polar surface area (TPSA) is 85.2 Å². The molecule has 0 aliphatic carbocycles. The summed E-state index contributed by atoms with van der Waals surface area (Å²) in [7, 11) is 0. The van der Waals surface area contributed by atoms with E-state index in [4.69, 9.17) is 14.6 Å². The number of benzene rings is 3. The Morgan fingerprint density at radius 3 is 1.73 bits per heavy atom. The second-order valence-electron chi connectivity index (χ2n) is 10.3. The van der Waals surface area contributed by atoms with Crippen LogP contribution in [0.15, 0.2) is 77.8 Å². The molecule has 0 aromatic heterocycles. The van der Waals surface area contributed by atoms with E-state index in [1.165, 1.54) is 82.8 Å². The SMILES string of the molecule is CCCCCCCCCCCCCCOc1ccc(C(=O)Oc2ccc(N=Cc3ccc(C(=O)O)cc3)cc2)cc1. The Labute approximate surface area is 244 Å². The molecule has 0 aliphatic heterocycles. The standard InChI is InChI=1S/C35H43NO5/c1-2-3-4-5-6-7-8-9-10-11-12-13-26-40-32-22-18-30(19-23-32)35(39)41-33-24-20-31(21-25-33)36-27-28-14-16-29(17-15-28)34(37)38/h14-25,27H,2-13,26H2,1H3,(H,37,38). The number of hydrogen-bond acceptors (Lipinski definition) is 5. The molecule has 218 valence electrons. The number of hydrogen-bond donors (Lipinski definition) is 1. The number of aliphatic imine (C=N–C) groups is 1. The number of carbonyl (C=O) groups excluding carboxylic acids is 1. The van der Waals surface area contributed by atoms with E-state index in [0.29, 0.717) is 23.6 Å². The van der Waals surface area contributed by atoms with Crippen molar-refractivity contribution >= 4 is 23.8 Å². The Morgan fingerprint density at radius 2 is 1.17 bits per heavy atom. The molecule has 41 heavy (non-hydrogen) atoms. The number of carboxylic acid groups (broad SMARTS) is 1. The third-order valence-electron chi connectivity index (χ3n) is 6.92. The van der Waals surface area contributed by atoms with Crippen molar-refractivity contribution in [3.8, 4) is 11.5 Å². The minimum atomic E-state index is -0.965. The van der Waals surface area contributed by atoms with Gasteiger partial charge < -0.3 is 14.6 Å². The second kappa shape index (κ2) is 18.4. The number of esters is 1. The van der Waals surface area contributed by atoms with Crippen molar-refractivity contribution in [2.75, 3.05) is 6.61 Å². The Morgan fingerprint density at radius 1 is 0.659 bits per heavy atom. The average Bonchev–Trinajstić information content (AvgIpc) is 2.99. The molecule has 0 fully saturated rings. The van der Waals surface area contributed by atoms with Crippen molar-refractivity contribution in [1.29, 1.82) is 0 Å². The minimum Gasteiger partial charge on any atom is -0.494 e. The summed E-state index contributed by atoms with van der Waals surface area (Å²) in [6, 6.07) is 20.4. The van der Waals surface area contributed by atoms with Gasteiger partial charge in [0.25, 0.3) is 0 Å². The van der Waals surface area contributed by atoms with Gasteiger partial charge in [0.2, 0.25) is 0 Å². The van der Waals surface area contributed by atoms with Crippen LogP contribution in [0.5, 0.6) is 11.5 Å². The molecule has 0 heterocycles. The fourth-order valence-electron chi connectivity index (χ4n) is 4.45. The van der Waals surface area contributed by atoms with E-state index < -0.39 is 11.9 Å². The zero-order valence-corrected chi connectivity index (χ0v) is 24.2. The van der Waals surface area contributed by atoms with Crippen LogP contribution in [0.1, 0.15) is 110 Å². The Kier molecular flexibility index (Phi) is 14.2. The lowest BCUT2D eigenvalue weighted by molar-refractivity contribution is 0.0694. The van der Waals surface area contributed by atoms with Crippen LogP contribution in [-0.2, 0) is 0 Å². The highest BCUT2D eigenvalue weighted by atomic mass is 16.5. The molecular formula is C35H43NO5. The van der Waals surface area contributed by atoms with Crippen LogP contribution in [-0.4, -0.2) is 29.9 Å². The van der Waals surface area contributed by atoms with Gasteiger partial charge in [-0.1, -0.05) is 89.7 Å². The molecule has 0 saturated heterocycles. The molecule has 3 rings (SSSR count). The molecule has 0 saturated carbocycles. The Bertz CT molecular complexity index is 1200. The summed E-state index contributed by atoms with van der Waals surface area (Å²) in [5.41, 5.74) is 2.15. The van der Waals surface area contributed by atoms with Gasteiger partial charge in [-0.2, -0.15) is 0 Å². The van der Waals surface area contributed by atoms with E-state index in [1.54, 1.807) is 66.9 Å². The van der Waals surface area contributed by atoms with E-state index in [-0.39, 0.29) is 5.56 Å². The first-order chi connectivity index (χ1) is 20.0. The summed E-state index contributed by atoms with van der Waals surface area (Å²) in [4.78, 5) is 27.9. The zero-order valence-electron chi connectivity index (χ0n) is 24.2. The third kappa shape index (κ3) is 12.4. The lowest BCUT2D eigenvalue weighted by Crippen LogP contribution is -2.08. The molecule has 0 amide bonds. The van der Waals surface area contributed by atoms with E-state index in [0.717, 1.165) is 17.7 Å². The van der Waals surface area contributed by atoms with Crippen molar-refractivity contribution in [3.63, 3.8) is 0 Å². The highest BCUT2D eigenvalue weighted by molar-refractivity contribution is 5.91. The average molecular weight is 558 g/mol. The van der Waals surface area contributed by atoms with Crippen molar-refractivity contribution in [1.82, 2.24) is 0 Å². The van der Waals surface area contributed by atoms with Crippen LogP contribution in [0, 0.1) is 0 Å². The quantitative estimate of drug-likeness (QED) is 0.0687. The summed E-state index contributed by atoms with van der Waals surface area (Å²) in [5.74, 6) is -0.225. The molecular weight excluding hydrogens is 514 g/mol. The molecule has 3 aromatic carbocycles. The van der Waals surface area contributed by atoms with Crippen LogP contribution in [0.3, 0.4) is 0 Å². The second-order valence-corrected chi connectivity index (χ2v) is 10.3. The van der Waals surface area contributed by atoms with Gasteiger partial charge in [0.1, 0.15) is 11.5 Å². The molecule has 0 bridgehead atoms. The number of carbonyl (C=O) groups is 2. The lowest BCUT2D eigenvalue weighted by Gasteiger charge is -2.08. The Hall–Kier alpha value is -3.93. The molecule has 1 N–H and O–H groups in total. The largest absolute Gasteiger partial charge is 0.494 e. The van der Waals surface area contributed by atoms with Crippen LogP contribution in [0.2, 0.25) is 0 Å². The summed E-state index contributed by atoms with van der Waals surface area (Å²) in [6.45, 7) is 2.95. The van der Waals surface area contributed by atoms with Crippen molar-refractivity contribution < 1.29 is 24.2 Å². The molecule has 0 unspecified atom stereocenters. The molecule has 0 radical (unpaired) electrons. The summed E-state index contributed by atoms with van der Waals surface area (Å²) in [5, 5.41) is 8.98. The van der Waals surface area contributed by atoms with Crippen LogP contribution in [0.25, 0.3) is 0 Å². The first kappa shape index (κ1) is 31.6. The molecule has 6 nitrogen and oxygen atoms in total. The number of ether oxygens (including phenoxy) is 2. The summed E-state index contributed by atoms with van der Waals surface area (Å²) in [6.07, 6.45) is 17.4. The smallest absolute Gasteiger partial charge is 0.343 e. The van der Waals surface area contributed by atoms with Crippen molar-refractivity contribution in [2.24, 2.45) is 4.99 Å². The summed E-state index contributed by atoms with van der Waals surface area (Å²) < 4.78 is 11.3. The number of nitrogens with zero attached hydrogens (tertiary/aromatic N) is 1. The van der Waals surface area contributed by atoms with E-state index in [9.17, 15) is 9.59 Å². The summed E-state index contributed by atoms with van der Waals surface area (Å²) >= 11 is 0. The fraction of sp³-hybridized carbons (Fsp3) is 0.400. The normalized spacial score (nSPS) is 11.0. The Balaban J connectivity index is 1.30. The first-order valence-corrected chi connectivity index (χ1v) is 15.0. The van der Waals surface area contributed by atoms with Gasteiger partial charge in [-0.25, -0.2) is 9.59 Å². The van der Waals surface area contributed by atoms with E-state index >= 15 is 0 Å². The third-order valence-corrected chi connectivity index (χ3v) is 6.92. The van der Waals surface area contributed by atoms with Crippen LogP contribution in [0.4, 0.5) is 5.69 Å². The van der Waals surface area contributed by atoms with Gasteiger partial charge in [-0.15, -0.1) is 0 Å². The van der Waals surface area contributed by atoms with E-state index in [1.807, 2.05) is 0 Å². The fourth-order valence-corrected chi connectivity index (χ4v) is 4.45. The van der Waals surface area contributed by atoms with Crippen molar-refractivity contribution in [3.05, 3.63) is 89.5 Å². The van der Waals surface area contributed by atoms with E-state index in [2.05, 4.69) is 11.9 Å². The van der Waals surface area contributed by atoms with Gasteiger partial charge in [0, 0.05) is 6.21 Å². The van der Waals surface area contributed by atoms with Crippen LogP contribution < -0.4 is 9.47 Å². The highest BCUT2D eigenvalue weighted by Gasteiger charge is 2.09. The van der Waals surface area contributed by atoms with Gasteiger partial charge >= 0.3 is 11.9 Å². The molecule has 6 heteroatoms. The van der Waals surface area contributed by atoms with Crippen molar-refractivity contribution in [2.45, 2.75) is 84.0 Å². The predicted octanol–water partition coefficient (Wildman–Crippen LogP) is 9.43. The maximum atomic E-state index is 12.5. The number of aromatic carboxylic acids is 1. The molecule has 0 atom stereocenters. The predicted molar refractivity (Wildman–Crippen MR) is 165 cm³/mol. The van der Waals surface area contributed by atoms with Gasteiger partial charge in [0.05, 0.1) is 23.4 Å².